The Labute approximate surface area is 245 Å². The first-order chi connectivity index (χ1) is 19.9. The first-order valence-corrected chi connectivity index (χ1v) is 14.3. The van der Waals surface area contributed by atoms with E-state index in [2.05, 4.69) is 10.2 Å². The topological polar surface area (TPSA) is 82.2 Å². The van der Waals surface area contributed by atoms with Gasteiger partial charge in [-0.15, -0.1) is 11.3 Å². The van der Waals surface area contributed by atoms with Gasteiger partial charge in [0.25, 0.3) is 5.91 Å². The summed E-state index contributed by atoms with van der Waals surface area (Å²) in [5.41, 5.74) is 3.64. The van der Waals surface area contributed by atoms with Crippen LogP contribution in [0.2, 0.25) is 0 Å². The van der Waals surface area contributed by atoms with Crippen LogP contribution >= 0.6 is 11.3 Å². The summed E-state index contributed by atoms with van der Waals surface area (Å²) in [6, 6.07) is 21.6. The lowest BCUT2D eigenvalue weighted by molar-refractivity contribution is 0.0935. The smallest absolute Gasteiger partial charge is 0.271 e. The van der Waals surface area contributed by atoms with E-state index in [0.717, 1.165) is 46.2 Å². The van der Waals surface area contributed by atoms with Crippen molar-refractivity contribution in [2.24, 2.45) is 0 Å². The highest BCUT2D eigenvalue weighted by Gasteiger charge is 2.18. The maximum atomic E-state index is 13.0. The lowest BCUT2D eigenvalue weighted by Crippen LogP contribution is -2.27. The normalized spacial score (nSPS) is 11.7. The molecular formula is C32H37N3O5S. The van der Waals surface area contributed by atoms with Crippen LogP contribution < -0.4 is 24.3 Å². The van der Waals surface area contributed by atoms with Crippen molar-refractivity contribution >= 4 is 17.2 Å². The third kappa shape index (κ3) is 7.99. The number of carbonyl (C=O) groups is 1. The van der Waals surface area contributed by atoms with Crippen molar-refractivity contribution in [2.45, 2.75) is 32.5 Å². The van der Waals surface area contributed by atoms with Gasteiger partial charge in [-0.05, 0) is 42.7 Å². The van der Waals surface area contributed by atoms with Crippen LogP contribution in [0.25, 0.3) is 0 Å². The van der Waals surface area contributed by atoms with Crippen LogP contribution in [-0.2, 0) is 19.5 Å². The average Bonchev–Trinajstić information content (AvgIpc) is 3.48. The predicted molar refractivity (Wildman–Crippen MR) is 161 cm³/mol. The van der Waals surface area contributed by atoms with Crippen molar-refractivity contribution in [3.63, 3.8) is 0 Å². The molecule has 1 atom stereocenters. The number of carbonyl (C=O) groups excluding carboxylic acids is 1. The molecule has 1 amide bonds. The van der Waals surface area contributed by atoms with Crippen molar-refractivity contribution < 1.29 is 23.7 Å². The molecule has 0 saturated carbocycles. The predicted octanol–water partition coefficient (Wildman–Crippen LogP) is 5.91. The van der Waals surface area contributed by atoms with E-state index in [1.165, 1.54) is 11.3 Å². The maximum absolute atomic E-state index is 13.0. The third-order valence-corrected chi connectivity index (χ3v) is 7.68. The minimum Gasteiger partial charge on any atom is -0.497 e. The zero-order chi connectivity index (χ0) is 29.2. The summed E-state index contributed by atoms with van der Waals surface area (Å²) in [5.74, 6) is 2.72. The number of thiazole rings is 1. The molecule has 8 nitrogen and oxygen atoms in total. The molecule has 1 unspecified atom stereocenters. The molecule has 0 spiro atoms. The molecule has 1 N–H and O–H groups in total. The summed E-state index contributed by atoms with van der Waals surface area (Å²) >= 11 is 1.49. The largest absolute Gasteiger partial charge is 0.497 e. The molecule has 4 rings (SSSR count). The minimum atomic E-state index is -0.183. The van der Waals surface area contributed by atoms with Crippen LogP contribution in [0.1, 0.15) is 45.2 Å². The summed E-state index contributed by atoms with van der Waals surface area (Å²) in [5, 5.41) is 5.74. The fourth-order valence-electron chi connectivity index (χ4n) is 4.54. The second-order valence-electron chi connectivity index (χ2n) is 9.56. The second-order valence-corrected chi connectivity index (χ2v) is 10.5. The van der Waals surface area contributed by atoms with E-state index in [1.54, 1.807) is 28.4 Å². The Morgan fingerprint density at radius 1 is 0.878 bits per heavy atom. The van der Waals surface area contributed by atoms with Gasteiger partial charge in [0.05, 0.1) is 41.0 Å². The monoisotopic (exact) mass is 575 g/mol. The summed E-state index contributed by atoms with van der Waals surface area (Å²) in [6.07, 6.45) is 0.784. The highest BCUT2D eigenvalue weighted by molar-refractivity contribution is 7.09. The van der Waals surface area contributed by atoms with Crippen LogP contribution in [0, 0.1) is 0 Å². The van der Waals surface area contributed by atoms with E-state index < -0.39 is 0 Å². The molecular weight excluding hydrogens is 538 g/mol. The second kappa shape index (κ2) is 14.5. The SMILES string of the molecule is COc1ccc(CN(CCc2ccc(OC)c(OC)c2)Cc2nc(C(=O)NC(C)c3ccccc3)cs2)c(OC)c1. The molecule has 0 fully saturated rings. The highest BCUT2D eigenvalue weighted by Crippen LogP contribution is 2.29. The van der Waals surface area contributed by atoms with E-state index in [-0.39, 0.29) is 11.9 Å². The fraction of sp³-hybridized carbons (Fsp3) is 0.312. The van der Waals surface area contributed by atoms with Crippen molar-refractivity contribution in [1.82, 2.24) is 15.2 Å². The average molecular weight is 576 g/mol. The number of nitrogens with one attached hydrogen (secondary N) is 1. The third-order valence-electron chi connectivity index (χ3n) is 6.84. The molecule has 4 aromatic rings. The number of hydrogen-bond donors (Lipinski definition) is 1. The number of hydrogen-bond acceptors (Lipinski definition) is 8. The number of ether oxygens (including phenoxy) is 4. The molecule has 0 aliphatic carbocycles. The van der Waals surface area contributed by atoms with Crippen molar-refractivity contribution in [2.75, 3.05) is 35.0 Å². The minimum absolute atomic E-state index is 0.116. The van der Waals surface area contributed by atoms with Crippen LogP contribution in [-0.4, -0.2) is 50.8 Å². The Morgan fingerprint density at radius 2 is 1.63 bits per heavy atom. The molecule has 0 aliphatic rings. The standard InChI is InChI=1S/C32H37N3O5S/c1-22(24-9-7-6-8-10-24)33-32(36)27-21-41-31(34-27)20-35(19-25-12-13-26(37-2)18-29(25)39-4)16-15-23-11-14-28(38-3)30(17-23)40-5/h6-14,17-18,21-22H,15-16,19-20H2,1-5H3,(H,33,36). The van der Waals surface area contributed by atoms with E-state index in [0.29, 0.717) is 30.3 Å². The summed E-state index contributed by atoms with van der Waals surface area (Å²) < 4.78 is 21.9. The quantitative estimate of drug-likeness (QED) is 0.200. The van der Waals surface area contributed by atoms with Gasteiger partial charge in [0.2, 0.25) is 0 Å². The van der Waals surface area contributed by atoms with Crippen LogP contribution in [0.3, 0.4) is 0 Å². The number of nitrogens with zero attached hydrogens (tertiary/aromatic N) is 2. The van der Waals surface area contributed by atoms with Gasteiger partial charge in [0, 0.05) is 30.1 Å². The highest BCUT2D eigenvalue weighted by atomic mass is 32.1. The number of benzene rings is 3. The van der Waals surface area contributed by atoms with Crippen LogP contribution in [0.15, 0.2) is 72.1 Å². The Hall–Kier alpha value is -4.08. The van der Waals surface area contributed by atoms with Gasteiger partial charge in [0.1, 0.15) is 22.2 Å². The van der Waals surface area contributed by atoms with Gasteiger partial charge >= 0.3 is 0 Å². The number of rotatable bonds is 14. The van der Waals surface area contributed by atoms with Gasteiger partial charge in [-0.3, -0.25) is 9.69 Å². The summed E-state index contributed by atoms with van der Waals surface area (Å²) in [7, 11) is 6.57. The lowest BCUT2D eigenvalue weighted by Gasteiger charge is -2.23. The number of amides is 1. The molecule has 216 valence electrons. The molecule has 41 heavy (non-hydrogen) atoms. The molecule has 0 radical (unpaired) electrons. The van der Waals surface area contributed by atoms with Crippen LogP contribution in [0.5, 0.6) is 23.0 Å². The Bertz CT molecular complexity index is 1430. The van der Waals surface area contributed by atoms with E-state index in [9.17, 15) is 4.79 Å². The Morgan fingerprint density at radius 3 is 2.34 bits per heavy atom. The van der Waals surface area contributed by atoms with Crippen molar-refractivity contribution in [3.8, 4) is 23.0 Å². The lowest BCUT2D eigenvalue weighted by atomic mass is 10.1. The van der Waals surface area contributed by atoms with E-state index in [1.807, 2.05) is 79.0 Å². The molecule has 0 aliphatic heterocycles. The molecule has 1 heterocycles. The van der Waals surface area contributed by atoms with Gasteiger partial charge in [-0.1, -0.05) is 42.5 Å². The van der Waals surface area contributed by atoms with Gasteiger partial charge in [-0.25, -0.2) is 4.98 Å². The van der Waals surface area contributed by atoms with E-state index >= 15 is 0 Å². The Kier molecular flexibility index (Phi) is 10.6. The van der Waals surface area contributed by atoms with Gasteiger partial charge < -0.3 is 24.3 Å². The zero-order valence-corrected chi connectivity index (χ0v) is 25.0. The first kappa shape index (κ1) is 29.9. The zero-order valence-electron chi connectivity index (χ0n) is 24.2. The number of aromatic nitrogens is 1. The molecule has 3 aromatic carbocycles. The van der Waals surface area contributed by atoms with Crippen molar-refractivity contribution in [3.05, 3.63) is 99.5 Å². The van der Waals surface area contributed by atoms with Crippen LogP contribution in [0.4, 0.5) is 0 Å². The van der Waals surface area contributed by atoms with E-state index in [4.69, 9.17) is 23.9 Å². The maximum Gasteiger partial charge on any atom is 0.271 e. The first-order valence-electron chi connectivity index (χ1n) is 13.4. The summed E-state index contributed by atoms with van der Waals surface area (Å²) in [4.78, 5) is 19.9. The Balaban J connectivity index is 1.50. The summed E-state index contributed by atoms with van der Waals surface area (Å²) in [6.45, 7) is 3.93. The van der Waals surface area contributed by atoms with Crippen molar-refractivity contribution in [1.29, 1.82) is 0 Å². The number of methoxy groups -OCH3 is 4. The molecule has 0 saturated heterocycles. The molecule has 0 bridgehead atoms. The molecule has 9 heteroatoms. The molecule has 1 aromatic heterocycles. The fourth-order valence-corrected chi connectivity index (χ4v) is 5.35. The van der Waals surface area contributed by atoms with Gasteiger partial charge in [-0.2, -0.15) is 0 Å². The van der Waals surface area contributed by atoms with Gasteiger partial charge in [0.15, 0.2) is 11.5 Å².